The quantitative estimate of drug-likeness (QED) is 0.201. The van der Waals surface area contributed by atoms with Gasteiger partial charge in [-0.3, -0.25) is 9.36 Å². The summed E-state index contributed by atoms with van der Waals surface area (Å²) in [5.74, 6) is 0.108. The maximum absolute atomic E-state index is 13.6. The number of anilines is 1. The fourth-order valence-electron chi connectivity index (χ4n) is 3.57. The van der Waals surface area contributed by atoms with Crippen LogP contribution in [0.1, 0.15) is 10.4 Å². The Morgan fingerprint density at radius 2 is 1.78 bits per heavy atom. The number of halogens is 3. The monoisotopic (exact) mass is 569 g/mol. The summed E-state index contributed by atoms with van der Waals surface area (Å²) in [5.41, 5.74) is 2.43. The molecule has 0 saturated heterocycles. The number of hydrogen-bond acceptors (Lipinski definition) is 6. The van der Waals surface area contributed by atoms with Gasteiger partial charge in [-0.1, -0.05) is 77.4 Å². The van der Waals surface area contributed by atoms with Gasteiger partial charge in [0.25, 0.3) is 0 Å². The summed E-state index contributed by atoms with van der Waals surface area (Å²) in [4.78, 5) is 18.0. The highest BCUT2D eigenvalue weighted by Crippen LogP contribution is 2.31. The molecule has 5 rings (SSSR count). The van der Waals surface area contributed by atoms with Gasteiger partial charge in [-0.2, -0.15) is 0 Å². The minimum Gasteiger partial charge on any atom is -0.301 e. The van der Waals surface area contributed by atoms with Crippen molar-refractivity contribution in [3.63, 3.8) is 0 Å². The first-order chi connectivity index (χ1) is 18.0. The van der Waals surface area contributed by atoms with Gasteiger partial charge in [0.2, 0.25) is 5.91 Å². The molecule has 6 nitrogen and oxygen atoms in total. The first kappa shape index (κ1) is 25.4. The van der Waals surface area contributed by atoms with Gasteiger partial charge in [0.05, 0.1) is 15.8 Å². The number of carbonyl (C=O) groups excluding carboxylic acids is 1. The van der Waals surface area contributed by atoms with Crippen LogP contribution in [0, 0.1) is 5.82 Å². The summed E-state index contributed by atoms with van der Waals surface area (Å²) in [6, 6.07) is 21.1. The minimum absolute atomic E-state index is 0.0865. The van der Waals surface area contributed by atoms with E-state index >= 15 is 0 Å². The lowest BCUT2D eigenvalue weighted by Crippen LogP contribution is -2.14. The second-order valence-corrected chi connectivity index (χ2v) is 10.7. The van der Waals surface area contributed by atoms with E-state index in [1.807, 2.05) is 47.0 Å². The summed E-state index contributed by atoms with van der Waals surface area (Å²) in [6.07, 6.45) is 2.27. The third-order valence-corrected chi connectivity index (χ3v) is 7.98. The zero-order valence-corrected chi connectivity index (χ0v) is 22.2. The van der Waals surface area contributed by atoms with Crippen LogP contribution in [-0.4, -0.2) is 31.4 Å². The highest BCUT2D eigenvalue weighted by molar-refractivity contribution is 7.99. The van der Waals surface area contributed by atoms with Crippen molar-refractivity contribution < 1.29 is 9.18 Å². The number of nitrogens with zero attached hydrogens (tertiary/aromatic N) is 4. The average molecular weight is 571 g/mol. The van der Waals surface area contributed by atoms with Crippen LogP contribution in [0.4, 0.5) is 9.52 Å². The van der Waals surface area contributed by atoms with E-state index in [-0.39, 0.29) is 17.5 Å². The molecule has 2 heterocycles. The van der Waals surface area contributed by atoms with E-state index in [2.05, 4.69) is 20.5 Å². The molecule has 0 atom stereocenters. The molecule has 0 aliphatic heterocycles. The molecule has 0 aliphatic rings. The third kappa shape index (κ3) is 6.02. The summed E-state index contributed by atoms with van der Waals surface area (Å²) >= 11 is 15.0. The van der Waals surface area contributed by atoms with Crippen molar-refractivity contribution in [2.24, 2.45) is 0 Å². The van der Waals surface area contributed by atoms with Crippen molar-refractivity contribution in [2.45, 2.75) is 11.6 Å². The van der Waals surface area contributed by atoms with Crippen molar-refractivity contribution in [1.29, 1.82) is 0 Å². The van der Waals surface area contributed by atoms with Crippen LogP contribution in [0.25, 0.3) is 17.1 Å². The van der Waals surface area contributed by atoms with Gasteiger partial charge >= 0.3 is 0 Å². The van der Waals surface area contributed by atoms with Gasteiger partial charge in [-0.25, -0.2) is 9.37 Å². The van der Waals surface area contributed by atoms with Gasteiger partial charge in [-0.15, -0.1) is 21.5 Å². The van der Waals surface area contributed by atoms with E-state index in [4.69, 9.17) is 23.2 Å². The number of thioether (sulfide) groups is 1. The smallest absolute Gasteiger partial charge is 0.236 e. The molecule has 0 radical (unpaired) electrons. The second-order valence-electron chi connectivity index (χ2n) is 7.84. The second kappa shape index (κ2) is 11.4. The zero-order valence-electron chi connectivity index (χ0n) is 19.1. The molecule has 5 aromatic rings. The Kier molecular flexibility index (Phi) is 7.85. The van der Waals surface area contributed by atoms with Crippen LogP contribution in [0.3, 0.4) is 0 Å². The number of aromatic nitrogens is 4. The van der Waals surface area contributed by atoms with Crippen LogP contribution in [0.2, 0.25) is 10.0 Å². The van der Waals surface area contributed by atoms with E-state index in [9.17, 15) is 9.18 Å². The van der Waals surface area contributed by atoms with E-state index in [0.29, 0.717) is 38.3 Å². The van der Waals surface area contributed by atoms with Crippen LogP contribution in [0.15, 0.2) is 84.1 Å². The van der Waals surface area contributed by atoms with Gasteiger partial charge < -0.3 is 5.32 Å². The molecule has 3 aromatic carbocycles. The van der Waals surface area contributed by atoms with Gasteiger partial charge in [0.15, 0.2) is 16.1 Å². The lowest BCUT2D eigenvalue weighted by atomic mass is 10.1. The number of nitrogens with one attached hydrogen (secondary N) is 1. The Hall–Kier alpha value is -3.24. The van der Waals surface area contributed by atoms with Crippen LogP contribution < -0.4 is 5.32 Å². The highest BCUT2D eigenvalue weighted by Gasteiger charge is 2.18. The summed E-state index contributed by atoms with van der Waals surface area (Å²) in [7, 11) is 0. The lowest BCUT2D eigenvalue weighted by molar-refractivity contribution is -0.113. The lowest BCUT2D eigenvalue weighted by Gasteiger charge is -2.10. The number of hydrogen-bond donors (Lipinski definition) is 1. The van der Waals surface area contributed by atoms with Crippen LogP contribution >= 0.6 is 46.3 Å². The van der Waals surface area contributed by atoms with Crippen molar-refractivity contribution in [1.82, 2.24) is 19.7 Å². The number of carbonyl (C=O) groups is 1. The fraction of sp³-hybridized carbons (Fsp3) is 0.0769. The van der Waals surface area contributed by atoms with Gasteiger partial charge in [0.1, 0.15) is 5.82 Å². The Morgan fingerprint density at radius 3 is 2.57 bits per heavy atom. The van der Waals surface area contributed by atoms with Crippen LogP contribution in [-0.2, 0) is 11.2 Å². The SMILES string of the molecule is O=C(CSc1nnc(-c2ccccc2)n1-c1ccc(F)cc1)Nc1ncc(Cc2cccc(Cl)c2Cl)s1. The average Bonchev–Trinajstić information content (AvgIpc) is 3.53. The first-order valence-electron chi connectivity index (χ1n) is 11.0. The Labute approximate surface area is 230 Å². The number of amides is 1. The third-order valence-electron chi connectivity index (χ3n) is 5.28. The maximum atomic E-state index is 13.6. The molecule has 1 N–H and O–H groups in total. The van der Waals surface area contributed by atoms with Crippen molar-refractivity contribution in [3.05, 3.63) is 105 Å². The number of rotatable bonds is 8. The van der Waals surface area contributed by atoms with Crippen molar-refractivity contribution in [3.8, 4) is 17.1 Å². The van der Waals surface area contributed by atoms with E-state index in [1.165, 1.54) is 35.2 Å². The Balaban J connectivity index is 1.29. The largest absolute Gasteiger partial charge is 0.301 e. The summed E-state index contributed by atoms with van der Waals surface area (Å²) < 4.78 is 15.4. The molecule has 0 unspecified atom stereocenters. The van der Waals surface area contributed by atoms with E-state index in [1.54, 1.807) is 24.4 Å². The number of benzene rings is 3. The fourth-order valence-corrected chi connectivity index (χ4v) is 5.56. The molecule has 1 amide bonds. The molecule has 0 aliphatic carbocycles. The zero-order chi connectivity index (χ0) is 25.8. The van der Waals surface area contributed by atoms with Crippen molar-refractivity contribution in [2.75, 3.05) is 11.1 Å². The summed E-state index contributed by atoms with van der Waals surface area (Å²) in [6.45, 7) is 0. The van der Waals surface area contributed by atoms with Gasteiger partial charge in [-0.05, 0) is 35.9 Å². The standard InChI is InChI=1S/C26H18Cl2FN5OS2/c27-21-8-4-7-17(23(21)28)13-20-14-30-25(37-20)31-22(35)15-36-26-33-32-24(16-5-2-1-3-6-16)34(26)19-11-9-18(29)10-12-19/h1-12,14H,13,15H2,(H,30,31,35). The molecule has 0 bridgehead atoms. The normalized spacial score (nSPS) is 11.0. The predicted molar refractivity (Wildman–Crippen MR) is 147 cm³/mol. The Morgan fingerprint density at radius 1 is 1.00 bits per heavy atom. The molecule has 0 saturated carbocycles. The van der Waals surface area contributed by atoms with Crippen LogP contribution in [0.5, 0.6) is 0 Å². The van der Waals surface area contributed by atoms with E-state index < -0.39 is 0 Å². The molecule has 11 heteroatoms. The predicted octanol–water partition coefficient (Wildman–Crippen LogP) is 7.16. The Bertz CT molecular complexity index is 1540. The summed E-state index contributed by atoms with van der Waals surface area (Å²) in [5, 5.41) is 13.5. The molecule has 0 fully saturated rings. The van der Waals surface area contributed by atoms with Crippen molar-refractivity contribution >= 4 is 57.3 Å². The molecule has 0 spiro atoms. The molecular formula is C26H18Cl2FN5OS2. The molecular weight excluding hydrogens is 552 g/mol. The maximum Gasteiger partial charge on any atom is 0.236 e. The number of thiazole rings is 1. The molecule has 2 aromatic heterocycles. The topological polar surface area (TPSA) is 72.7 Å². The minimum atomic E-state index is -0.341. The highest BCUT2D eigenvalue weighted by atomic mass is 35.5. The van der Waals surface area contributed by atoms with Gasteiger partial charge in [0, 0.05) is 28.7 Å². The first-order valence-corrected chi connectivity index (χ1v) is 13.6. The van der Waals surface area contributed by atoms with E-state index in [0.717, 1.165) is 16.0 Å². The molecule has 186 valence electrons. The molecule has 37 heavy (non-hydrogen) atoms.